The van der Waals surface area contributed by atoms with E-state index in [1.807, 2.05) is 6.92 Å². The Bertz CT molecular complexity index is 2200. The summed E-state index contributed by atoms with van der Waals surface area (Å²) in [7, 11) is 0. The van der Waals surface area contributed by atoms with Gasteiger partial charge in [0.15, 0.2) is 11.5 Å². The number of hydrogen-bond acceptors (Lipinski definition) is 13. The molecule has 0 unspecified atom stereocenters. The molecule has 10 N–H and O–H groups in total. The number of rotatable bonds is 32. The fourth-order valence-corrected chi connectivity index (χ4v) is 8.41. The number of nitro groups is 2. The Hall–Kier alpha value is -7.13. The molecule has 22 heteroatoms. The minimum Gasteiger partial charge on any atom is -0.502 e. The van der Waals surface area contributed by atoms with Gasteiger partial charge in [0.2, 0.25) is 35.4 Å². The van der Waals surface area contributed by atoms with Crippen molar-refractivity contribution in [3.63, 3.8) is 0 Å². The molecule has 5 atom stereocenters. The highest BCUT2D eigenvalue weighted by molar-refractivity contribution is 5.97. The second kappa shape index (κ2) is 30.5. The second-order valence-corrected chi connectivity index (χ2v) is 18.2. The molecule has 0 aliphatic heterocycles. The van der Waals surface area contributed by atoms with Gasteiger partial charge in [0.05, 0.1) is 9.85 Å². The third kappa shape index (κ3) is 21.2. The molecule has 2 aromatic rings. The molecule has 0 radical (unpaired) electrons. The molecule has 1 fully saturated rings. The Morgan fingerprint density at radius 2 is 1.21 bits per heavy atom. The first-order valence-corrected chi connectivity index (χ1v) is 24.4. The van der Waals surface area contributed by atoms with Crippen molar-refractivity contribution in [2.24, 2.45) is 17.6 Å². The topological polar surface area (TPSA) is 353 Å². The van der Waals surface area contributed by atoms with Gasteiger partial charge in [0.1, 0.15) is 24.2 Å². The standard InChI is InChI=1S/C49H70N8O14/c1-3-31(2)45(49(67)53-35(46(50)64)27-33-19-21-40(58)38(29-33)56(68)69)55-42(60)18-14-9-7-5-4-6-8-10-15-25-51-47(65)36(28-34-20-22-41(59)39(30-34)57(70)71)54-48(66)37(26-32-16-12-11-13-17-32)52-43(61)23-24-44(62)63/h19-24,29-32,35-37,45,58-59H,3-18,25-28H2,1-2H3,(H2,50,64)(H,51,65)(H,52,61)(H,53,67)(H,54,66)(H,55,60)(H,62,63)/b24-23+/t31-,35+,36+,37+,45+/m1/s1. The van der Waals surface area contributed by atoms with Crippen molar-refractivity contribution in [2.45, 2.75) is 160 Å². The van der Waals surface area contributed by atoms with Crippen molar-refractivity contribution < 1.29 is 58.7 Å². The number of carbonyl (C=O) groups excluding carboxylic acids is 6. The molecule has 1 saturated carbocycles. The average molecular weight is 995 g/mol. The molecule has 0 heterocycles. The van der Waals surface area contributed by atoms with Gasteiger partial charge in [-0.05, 0) is 54.4 Å². The number of carboxylic acids is 1. The van der Waals surface area contributed by atoms with Crippen LogP contribution in [0.25, 0.3) is 0 Å². The van der Waals surface area contributed by atoms with E-state index in [2.05, 4.69) is 26.6 Å². The molecule has 390 valence electrons. The molecule has 0 spiro atoms. The predicted molar refractivity (Wildman–Crippen MR) is 260 cm³/mol. The maximum absolute atomic E-state index is 13.8. The molecule has 2 aromatic carbocycles. The van der Waals surface area contributed by atoms with Crippen LogP contribution in [0.15, 0.2) is 48.6 Å². The number of phenols is 2. The van der Waals surface area contributed by atoms with Gasteiger partial charge in [-0.15, -0.1) is 0 Å². The zero-order chi connectivity index (χ0) is 52.5. The summed E-state index contributed by atoms with van der Waals surface area (Å²) in [6.45, 7) is 3.92. The Balaban J connectivity index is 1.44. The van der Waals surface area contributed by atoms with Gasteiger partial charge in [0, 0.05) is 50.1 Å². The quantitative estimate of drug-likeness (QED) is 0.0206. The van der Waals surface area contributed by atoms with Gasteiger partial charge < -0.3 is 47.6 Å². The van der Waals surface area contributed by atoms with E-state index in [-0.39, 0.29) is 50.0 Å². The number of unbranched alkanes of at least 4 members (excludes halogenated alkanes) is 8. The summed E-state index contributed by atoms with van der Waals surface area (Å²) in [5.41, 5.74) is 5.01. The zero-order valence-corrected chi connectivity index (χ0v) is 40.5. The van der Waals surface area contributed by atoms with Crippen LogP contribution in [0, 0.1) is 32.1 Å². The van der Waals surface area contributed by atoms with E-state index in [0.717, 1.165) is 107 Å². The first kappa shape index (κ1) is 58.2. The molecule has 1 aliphatic carbocycles. The highest BCUT2D eigenvalue weighted by atomic mass is 16.6. The lowest BCUT2D eigenvalue weighted by Gasteiger charge is -2.28. The van der Waals surface area contributed by atoms with Crippen molar-refractivity contribution in [1.29, 1.82) is 0 Å². The van der Waals surface area contributed by atoms with E-state index in [1.165, 1.54) is 12.1 Å². The molecule has 71 heavy (non-hydrogen) atoms. The summed E-state index contributed by atoms with van der Waals surface area (Å²) in [6.07, 6.45) is 14.2. The Kier molecular flexibility index (Phi) is 25.0. The number of carbonyl (C=O) groups is 7. The maximum atomic E-state index is 13.8. The smallest absolute Gasteiger partial charge is 0.328 e. The van der Waals surface area contributed by atoms with Gasteiger partial charge in [-0.3, -0.25) is 49.0 Å². The number of nitro benzene ring substituents is 2. The lowest BCUT2D eigenvalue weighted by molar-refractivity contribution is -0.386. The number of hydrogen-bond donors (Lipinski definition) is 9. The van der Waals surface area contributed by atoms with Crippen LogP contribution >= 0.6 is 0 Å². The molecular formula is C49H70N8O14. The number of phenolic OH excluding ortho intramolecular Hbond substituents is 2. The number of nitrogens with zero attached hydrogens (tertiary/aromatic N) is 2. The van der Waals surface area contributed by atoms with E-state index in [9.17, 15) is 64.0 Å². The molecule has 0 aromatic heterocycles. The van der Waals surface area contributed by atoms with Gasteiger partial charge in [-0.1, -0.05) is 109 Å². The van der Waals surface area contributed by atoms with Crippen LogP contribution in [-0.4, -0.2) is 97.3 Å². The van der Waals surface area contributed by atoms with Crippen LogP contribution in [-0.2, 0) is 46.4 Å². The normalized spacial score (nSPS) is 14.8. The summed E-state index contributed by atoms with van der Waals surface area (Å²) < 4.78 is 0. The van der Waals surface area contributed by atoms with Crippen molar-refractivity contribution >= 4 is 52.8 Å². The Labute approximate surface area is 412 Å². The van der Waals surface area contributed by atoms with Gasteiger partial charge in [-0.25, -0.2) is 4.79 Å². The summed E-state index contributed by atoms with van der Waals surface area (Å²) in [4.78, 5) is 111. The van der Waals surface area contributed by atoms with E-state index in [1.54, 1.807) is 6.92 Å². The van der Waals surface area contributed by atoms with Gasteiger partial charge >= 0.3 is 17.3 Å². The molecular weight excluding hydrogens is 925 g/mol. The molecule has 22 nitrogen and oxygen atoms in total. The number of nitrogens with two attached hydrogens (primary N) is 1. The van der Waals surface area contributed by atoms with Crippen LogP contribution in [0.4, 0.5) is 11.4 Å². The molecule has 3 rings (SSSR count). The number of aliphatic carboxylic acids is 1. The van der Waals surface area contributed by atoms with Crippen LogP contribution < -0.4 is 32.3 Å². The van der Waals surface area contributed by atoms with E-state index >= 15 is 0 Å². The maximum Gasteiger partial charge on any atom is 0.328 e. The highest BCUT2D eigenvalue weighted by Crippen LogP contribution is 2.29. The lowest BCUT2D eigenvalue weighted by atomic mass is 9.84. The minimum atomic E-state index is -1.34. The number of carboxylic acid groups (broad SMARTS) is 1. The summed E-state index contributed by atoms with van der Waals surface area (Å²) in [6, 6.07) is 2.78. The van der Waals surface area contributed by atoms with Crippen molar-refractivity contribution in [2.75, 3.05) is 6.54 Å². The van der Waals surface area contributed by atoms with Crippen molar-refractivity contribution in [1.82, 2.24) is 26.6 Å². The minimum absolute atomic E-state index is 0.114. The molecule has 1 aliphatic rings. The summed E-state index contributed by atoms with van der Waals surface area (Å²) in [5.74, 6) is -6.45. The Morgan fingerprint density at radius 3 is 1.73 bits per heavy atom. The largest absolute Gasteiger partial charge is 0.502 e. The van der Waals surface area contributed by atoms with Crippen LogP contribution in [0.2, 0.25) is 0 Å². The first-order chi connectivity index (χ1) is 33.8. The Morgan fingerprint density at radius 1 is 0.690 bits per heavy atom. The number of aromatic hydroxyl groups is 2. The van der Waals surface area contributed by atoms with Crippen molar-refractivity contribution in [3.8, 4) is 11.5 Å². The van der Waals surface area contributed by atoms with Crippen LogP contribution in [0.1, 0.15) is 134 Å². The fourth-order valence-electron chi connectivity index (χ4n) is 8.41. The molecule has 6 amide bonds. The first-order valence-electron chi connectivity index (χ1n) is 24.4. The van der Waals surface area contributed by atoms with Gasteiger partial charge in [-0.2, -0.15) is 0 Å². The fraction of sp³-hybridized carbons (Fsp3) is 0.571. The third-order valence-electron chi connectivity index (χ3n) is 12.6. The predicted octanol–water partition coefficient (Wildman–Crippen LogP) is 4.80. The highest BCUT2D eigenvalue weighted by Gasteiger charge is 2.32. The van der Waals surface area contributed by atoms with Crippen molar-refractivity contribution in [3.05, 3.63) is 79.9 Å². The van der Waals surface area contributed by atoms with Crippen LogP contribution in [0.5, 0.6) is 11.5 Å². The SMILES string of the molecule is CC[C@@H](C)[C@H](NC(=O)CCCCCCCCCCCNC(=O)[C@H](Cc1ccc(O)c([N+](=O)[O-])c1)NC(=O)[C@H](CC1CCCCC1)NC(=O)/C=C/C(=O)O)C(=O)N[C@@H](Cc1ccc(O)c([N+](=O)[O-])c1)C(N)=O. The summed E-state index contributed by atoms with van der Waals surface area (Å²) in [5, 5.41) is 65.0. The van der Waals surface area contributed by atoms with E-state index in [0.29, 0.717) is 36.5 Å². The number of benzene rings is 2. The van der Waals surface area contributed by atoms with Crippen LogP contribution in [0.3, 0.4) is 0 Å². The number of nitrogens with one attached hydrogen (secondary N) is 5. The lowest BCUT2D eigenvalue weighted by Crippen LogP contribution is -2.55. The number of amides is 6. The third-order valence-corrected chi connectivity index (χ3v) is 12.6. The average Bonchev–Trinajstić information content (AvgIpc) is 3.32. The summed E-state index contributed by atoms with van der Waals surface area (Å²) >= 11 is 0. The molecule has 0 saturated heterocycles. The number of primary amides is 1. The van der Waals surface area contributed by atoms with Gasteiger partial charge in [0.25, 0.3) is 0 Å². The second-order valence-electron chi connectivity index (χ2n) is 18.2. The van der Waals surface area contributed by atoms with E-state index < -0.39 is 92.4 Å². The zero-order valence-electron chi connectivity index (χ0n) is 40.5. The van der Waals surface area contributed by atoms with E-state index in [4.69, 9.17) is 10.8 Å². The monoisotopic (exact) mass is 995 g/mol. The molecule has 0 bridgehead atoms.